The molecule has 0 unspecified atom stereocenters. The van der Waals surface area contributed by atoms with E-state index in [0.29, 0.717) is 30.0 Å². The molecule has 156 valence electrons. The van der Waals surface area contributed by atoms with E-state index in [0.717, 1.165) is 0 Å². The number of hydrogen-bond acceptors (Lipinski definition) is 7. The molecule has 10 heteroatoms. The standard InChI is InChI=1S/C19H24N4O5S/c1-5-23(6-2)29(26,27)15-8-7-13(3)16(9-15)22-18(24)12-28-19(25)17-11-20-14(4)10-21-17/h7-11H,5-6,12H2,1-4H3,(H,22,24). The summed E-state index contributed by atoms with van der Waals surface area (Å²) >= 11 is 0. The highest BCUT2D eigenvalue weighted by molar-refractivity contribution is 7.89. The fraction of sp³-hybridized carbons (Fsp3) is 0.368. The third kappa shape index (κ3) is 5.58. The summed E-state index contributed by atoms with van der Waals surface area (Å²) in [7, 11) is -3.66. The minimum absolute atomic E-state index is 0.00751. The molecule has 9 nitrogen and oxygen atoms in total. The average Bonchev–Trinajstić information content (AvgIpc) is 2.69. The zero-order valence-corrected chi connectivity index (χ0v) is 17.6. The van der Waals surface area contributed by atoms with Crippen LogP contribution in [0.5, 0.6) is 0 Å². The molecule has 2 rings (SSSR count). The van der Waals surface area contributed by atoms with Crippen molar-refractivity contribution >= 4 is 27.6 Å². The summed E-state index contributed by atoms with van der Waals surface area (Å²) in [6, 6.07) is 4.50. The van der Waals surface area contributed by atoms with E-state index < -0.39 is 28.5 Å². The Kier molecular flexibility index (Phi) is 7.40. The van der Waals surface area contributed by atoms with Crippen LogP contribution in [0.4, 0.5) is 5.69 Å². The van der Waals surface area contributed by atoms with Crippen LogP contribution in [0, 0.1) is 13.8 Å². The number of carbonyl (C=O) groups is 2. The molecule has 1 amide bonds. The molecule has 1 aromatic heterocycles. The van der Waals surface area contributed by atoms with Crippen LogP contribution >= 0.6 is 0 Å². The van der Waals surface area contributed by atoms with Crippen LogP contribution in [-0.4, -0.2) is 54.3 Å². The minimum Gasteiger partial charge on any atom is -0.451 e. The molecular formula is C19H24N4O5S. The van der Waals surface area contributed by atoms with Crippen molar-refractivity contribution in [2.45, 2.75) is 32.6 Å². The Labute approximate surface area is 170 Å². The zero-order valence-electron chi connectivity index (χ0n) is 16.8. The van der Waals surface area contributed by atoms with Crippen molar-refractivity contribution in [2.75, 3.05) is 25.0 Å². The number of carbonyl (C=O) groups excluding carboxylic acids is 2. The maximum atomic E-state index is 12.7. The molecule has 0 atom stereocenters. The Morgan fingerprint density at radius 3 is 2.38 bits per heavy atom. The van der Waals surface area contributed by atoms with Crippen molar-refractivity contribution in [2.24, 2.45) is 0 Å². The van der Waals surface area contributed by atoms with Crippen molar-refractivity contribution in [1.82, 2.24) is 14.3 Å². The Balaban J connectivity index is 2.08. The van der Waals surface area contributed by atoms with Gasteiger partial charge in [-0.15, -0.1) is 0 Å². The van der Waals surface area contributed by atoms with E-state index >= 15 is 0 Å². The first-order chi connectivity index (χ1) is 13.7. The van der Waals surface area contributed by atoms with Gasteiger partial charge in [0, 0.05) is 25.0 Å². The monoisotopic (exact) mass is 420 g/mol. The molecule has 0 saturated heterocycles. The Bertz CT molecular complexity index is 986. The van der Waals surface area contributed by atoms with Gasteiger partial charge < -0.3 is 10.1 Å². The van der Waals surface area contributed by atoms with Gasteiger partial charge in [-0.1, -0.05) is 19.9 Å². The fourth-order valence-corrected chi connectivity index (χ4v) is 3.98. The number of nitrogens with zero attached hydrogens (tertiary/aromatic N) is 3. The Hall–Kier alpha value is -2.85. The van der Waals surface area contributed by atoms with Gasteiger partial charge >= 0.3 is 5.97 Å². The van der Waals surface area contributed by atoms with E-state index in [4.69, 9.17) is 4.74 Å². The summed E-state index contributed by atoms with van der Waals surface area (Å²) in [5.74, 6) is -1.37. The lowest BCUT2D eigenvalue weighted by Crippen LogP contribution is -2.30. The van der Waals surface area contributed by atoms with E-state index in [1.807, 2.05) is 0 Å². The van der Waals surface area contributed by atoms with E-state index in [9.17, 15) is 18.0 Å². The summed E-state index contributed by atoms with van der Waals surface area (Å²) in [5.41, 5.74) is 1.64. The molecule has 0 fully saturated rings. The SMILES string of the molecule is CCN(CC)S(=O)(=O)c1ccc(C)c(NC(=O)COC(=O)c2cnc(C)cn2)c1. The van der Waals surface area contributed by atoms with Crippen LogP contribution in [-0.2, 0) is 19.6 Å². The van der Waals surface area contributed by atoms with E-state index in [1.165, 1.54) is 28.8 Å². The topological polar surface area (TPSA) is 119 Å². The van der Waals surface area contributed by atoms with Gasteiger partial charge in [0.15, 0.2) is 12.3 Å². The van der Waals surface area contributed by atoms with Gasteiger partial charge in [-0.05, 0) is 31.5 Å². The van der Waals surface area contributed by atoms with E-state index in [1.54, 1.807) is 33.8 Å². The number of rotatable bonds is 8. The van der Waals surface area contributed by atoms with Crippen molar-refractivity contribution in [3.8, 4) is 0 Å². The van der Waals surface area contributed by atoms with E-state index in [-0.39, 0.29) is 10.6 Å². The van der Waals surface area contributed by atoms with Gasteiger partial charge in [0.1, 0.15) is 0 Å². The number of nitrogens with one attached hydrogen (secondary N) is 1. The average molecular weight is 420 g/mol. The van der Waals surface area contributed by atoms with Crippen molar-refractivity contribution in [3.05, 3.63) is 47.5 Å². The normalized spacial score (nSPS) is 11.3. The first-order valence-electron chi connectivity index (χ1n) is 9.05. The number of sulfonamides is 1. The van der Waals surface area contributed by atoms with Gasteiger partial charge in [0.25, 0.3) is 5.91 Å². The second-order valence-electron chi connectivity index (χ2n) is 6.23. The van der Waals surface area contributed by atoms with Gasteiger partial charge in [-0.25, -0.2) is 18.2 Å². The molecule has 1 heterocycles. The lowest BCUT2D eigenvalue weighted by Gasteiger charge is -2.19. The number of esters is 1. The largest absolute Gasteiger partial charge is 0.451 e. The third-order valence-corrected chi connectivity index (χ3v) is 6.20. The lowest BCUT2D eigenvalue weighted by atomic mass is 10.2. The van der Waals surface area contributed by atoms with Crippen LogP contribution in [0.15, 0.2) is 35.5 Å². The zero-order chi connectivity index (χ0) is 21.6. The molecule has 0 saturated carbocycles. The maximum Gasteiger partial charge on any atom is 0.359 e. The molecule has 0 spiro atoms. The van der Waals surface area contributed by atoms with Gasteiger partial charge in [-0.2, -0.15) is 4.31 Å². The maximum absolute atomic E-state index is 12.7. The van der Waals surface area contributed by atoms with Crippen LogP contribution in [0.25, 0.3) is 0 Å². The summed E-state index contributed by atoms with van der Waals surface area (Å²) in [4.78, 5) is 32.0. The van der Waals surface area contributed by atoms with Gasteiger partial charge in [-0.3, -0.25) is 9.78 Å². The number of aryl methyl sites for hydroxylation is 2. The number of amides is 1. The van der Waals surface area contributed by atoms with Gasteiger partial charge in [0.05, 0.1) is 16.8 Å². The number of aromatic nitrogens is 2. The molecule has 1 aromatic carbocycles. The molecule has 0 aliphatic carbocycles. The van der Waals surface area contributed by atoms with Crippen molar-refractivity contribution < 1.29 is 22.7 Å². The molecule has 0 aliphatic rings. The molecule has 2 aromatic rings. The highest BCUT2D eigenvalue weighted by Gasteiger charge is 2.22. The van der Waals surface area contributed by atoms with Crippen LogP contribution in [0.2, 0.25) is 0 Å². The molecule has 0 aliphatic heterocycles. The predicted octanol–water partition coefficient (Wildman–Crippen LogP) is 1.92. The van der Waals surface area contributed by atoms with Crippen molar-refractivity contribution in [3.63, 3.8) is 0 Å². The quantitative estimate of drug-likeness (QED) is 0.648. The first kappa shape index (κ1) is 22.4. The predicted molar refractivity (Wildman–Crippen MR) is 107 cm³/mol. The fourth-order valence-electron chi connectivity index (χ4n) is 2.50. The number of ether oxygens (including phenoxy) is 1. The minimum atomic E-state index is -3.66. The van der Waals surface area contributed by atoms with Crippen LogP contribution < -0.4 is 5.32 Å². The number of hydrogen-bond donors (Lipinski definition) is 1. The smallest absolute Gasteiger partial charge is 0.359 e. The first-order valence-corrected chi connectivity index (χ1v) is 10.5. The number of anilines is 1. The van der Waals surface area contributed by atoms with Gasteiger partial charge in [0.2, 0.25) is 10.0 Å². The third-order valence-electron chi connectivity index (χ3n) is 4.15. The second-order valence-corrected chi connectivity index (χ2v) is 8.17. The summed E-state index contributed by atoms with van der Waals surface area (Å²) in [6.07, 6.45) is 2.68. The second kappa shape index (κ2) is 9.57. The van der Waals surface area contributed by atoms with E-state index in [2.05, 4.69) is 15.3 Å². The Morgan fingerprint density at radius 1 is 1.10 bits per heavy atom. The summed E-state index contributed by atoms with van der Waals surface area (Å²) in [6.45, 7) is 7.11. The van der Waals surface area contributed by atoms with Crippen LogP contribution in [0.1, 0.15) is 35.6 Å². The highest BCUT2D eigenvalue weighted by Crippen LogP contribution is 2.23. The lowest BCUT2D eigenvalue weighted by molar-refractivity contribution is -0.119. The van der Waals surface area contributed by atoms with Crippen LogP contribution in [0.3, 0.4) is 0 Å². The Morgan fingerprint density at radius 2 is 1.79 bits per heavy atom. The summed E-state index contributed by atoms with van der Waals surface area (Å²) < 4.78 is 31.6. The molecule has 1 N–H and O–H groups in total. The van der Waals surface area contributed by atoms with Crippen molar-refractivity contribution in [1.29, 1.82) is 0 Å². The summed E-state index contributed by atoms with van der Waals surface area (Å²) in [5, 5.41) is 2.58. The molecule has 0 bridgehead atoms. The number of benzene rings is 1. The molecule has 0 radical (unpaired) electrons. The molecular weight excluding hydrogens is 396 g/mol. The molecule has 29 heavy (non-hydrogen) atoms. The highest BCUT2D eigenvalue weighted by atomic mass is 32.2.